The minimum absolute atomic E-state index is 0. The maximum atomic E-state index is 12.5. The second kappa shape index (κ2) is 13.3. The third-order valence-corrected chi connectivity index (χ3v) is 6.28. The highest BCUT2D eigenvalue weighted by Crippen LogP contribution is 2.26. The molecular formula is C21H39IN6O2. The number of nitrogens with one attached hydrogen (secondary N) is 2. The monoisotopic (exact) mass is 534 g/mol. The molecule has 1 aliphatic carbocycles. The van der Waals surface area contributed by atoms with Crippen molar-refractivity contribution in [1.82, 2.24) is 25.3 Å². The van der Waals surface area contributed by atoms with Crippen LogP contribution in [0.1, 0.15) is 45.4 Å². The molecule has 3 fully saturated rings. The molecule has 30 heavy (non-hydrogen) atoms. The summed E-state index contributed by atoms with van der Waals surface area (Å²) in [6.45, 7) is 9.98. The molecule has 0 bridgehead atoms. The van der Waals surface area contributed by atoms with Crippen LogP contribution in [0.5, 0.6) is 0 Å². The Hall–Kier alpha value is -1.10. The number of carbonyl (C=O) groups is 2. The van der Waals surface area contributed by atoms with Crippen LogP contribution in [0.25, 0.3) is 0 Å². The van der Waals surface area contributed by atoms with E-state index in [-0.39, 0.29) is 42.3 Å². The quantitative estimate of drug-likeness (QED) is 0.291. The van der Waals surface area contributed by atoms with Gasteiger partial charge in [-0.1, -0.05) is 12.8 Å². The number of halogens is 1. The van der Waals surface area contributed by atoms with Crippen LogP contribution in [-0.4, -0.2) is 97.9 Å². The van der Waals surface area contributed by atoms with Crippen molar-refractivity contribution in [3.8, 4) is 0 Å². The van der Waals surface area contributed by atoms with Gasteiger partial charge in [0.15, 0.2) is 5.96 Å². The fourth-order valence-electron chi connectivity index (χ4n) is 4.51. The molecule has 172 valence electrons. The smallest absolute Gasteiger partial charge is 0.244 e. The summed E-state index contributed by atoms with van der Waals surface area (Å²) >= 11 is 0. The number of piperazine rings is 1. The van der Waals surface area contributed by atoms with E-state index in [1.54, 1.807) is 0 Å². The van der Waals surface area contributed by atoms with Gasteiger partial charge in [-0.3, -0.25) is 14.5 Å². The largest absolute Gasteiger partial charge is 0.357 e. The first-order valence-electron chi connectivity index (χ1n) is 11.5. The average Bonchev–Trinajstić information content (AvgIpc) is 3.46. The Bertz CT molecular complexity index is 568. The standard InChI is InChI=1S/C21H38N6O2.HI/c1-2-22-21(24-17-19(28)26-10-5-6-11-26)23-9-12-25-13-15-27(16-14-25)20(29)18-7-3-4-8-18;/h18H,2-17H2,1H3,(H2,22,23,24);1H. The van der Waals surface area contributed by atoms with Crippen molar-refractivity contribution in [2.24, 2.45) is 10.9 Å². The third-order valence-electron chi connectivity index (χ3n) is 6.28. The van der Waals surface area contributed by atoms with Crippen LogP contribution >= 0.6 is 24.0 Å². The lowest BCUT2D eigenvalue weighted by molar-refractivity contribution is -0.137. The van der Waals surface area contributed by atoms with E-state index in [4.69, 9.17) is 0 Å². The molecule has 2 N–H and O–H groups in total. The topological polar surface area (TPSA) is 80.3 Å². The highest BCUT2D eigenvalue weighted by molar-refractivity contribution is 14.0. The Morgan fingerprint density at radius 1 is 0.900 bits per heavy atom. The first-order chi connectivity index (χ1) is 14.2. The minimum atomic E-state index is 0. The molecule has 2 amide bonds. The number of guanidine groups is 1. The summed E-state index contributed by atoms with van der Waals surface area (Å²) in [5, 5.41) is 6.55. The van der Waals surface area contributed by atoms with Crippen LogP contribution in [0.3, 0.4) is 0 Å². The van der Waals surface area contributed by atoms with E-state index >= 15 is 0 Å². The summed E-state index contributed by atoms with van der Waals surface area (Å²) in [4.78, 5) is 35.5. The minimum Gasteiger partial charge on any atom is -0.357 e. The van der Waals surface area contributed by atoms with Crippen LogP contribution in [-0.2, 0) is 9.59 Å². The zero-order valence-corrected chi connectivity index (χ0v) is 20.7. The first-order valence-corrected chi connectivity index (χ1v) is 11.5. The average molecular weight is 534 g/mol. The Kier molecular flexibility index (Phi) is 11.2. The number of amides is 2. The molecule has 9 heteroatoms. The summed E-state index contributed by atoms with van der Waals surface area (Å²) in [6, 6.07) is 0. The van der Waals surface area contributed by atoms with Gasteiger partial charge in [0.1, 0.15) is 6.54 Å². The van der Waals surface area contributed by atoms with E-state index < -0.39 is 0 Å². The maximum absolute atomic E-state index is 12.5. The number of hydrogen-bond acceptors (Lipinski definition) is 4. The van der Waals surface area contributed by atoms with Crippen LogP contribution in [0.15, 0.2) is 4.99 Å². The lowest BCUT2D eigenvalue weighted by Crippen LogP contribution is -2.52. The number of carbonyl (C=O) groups excluding carboxylic acids is 2. The van der Waals surface area contributed by atoms with Gasteiger partial charge in [0.25, 0.3) is 0 Å². The Labute approximate surface area is 198 Å². The highest BCUT2D eigenvalue weighted by atomic mass is 127. The molecule has 0 aromatic rings. The zero-order chi connectivity index (χ0) is 20.5. The Balaban J connectivity index is 0.00000320. The van der Waals surface area contributed by atoms with Gasteiger partial charge in [-0.25, -0.2) is 4.99 Å². The summed E-state index contributed by atoms with van der Waals surface area (Å²) in [5.41, 5.74) is 0. The predicted molar refractivity (Wildman–Crippen MR) is 130 cm³/mol. The molecule has 2 saturated heterocycles. The van der Waals surface area contributed by atoms with Gasteiger partial charge in [-0.2, -0.15) is 0 Å². The summed E-state index contributed by atoms with van der Waals surface area (Å²) in [6.07, 6.45) is 6.79. The molecule has 0 atom stereocenters. The van der Waals surface area contributed by atoms with Gasteiger partial charge in [-0.15, -0.1) is 24.0 Å². The van der Waals surface area contributed by atoms with Crippen molar-refractivity contribution in [2.75, 3.05) is 65.4 Å². The van der Waals surface area contributed by atoms with E-state index in [9.17, 15) is 9.59 Å². The number of likely N-dealkylation sites (tertiary alicyclic amines) is 1. The lowest BCUT2D eigenvalue weighted by atomic mass is 10.1. The number of aliphatic imine (C=N–C) groups is 1. The fourth-order valence-corrected chi connectivity index (χ4v) is 4.51. The van der Waals surface area contributed by atoms with Gasteiger partial charge < -0.3 is 20.4 Å². The van der Waals surface area contributed by atoms with Gasteiger partial charge in [0.05, 0.1) is 0 Å². The van der Waals surface area contributed by atoms with E-state index in [1.165, 1.54) is 12.8 Å². The summed E-state index contributed by atoms with van der Waals surface area (Å²) in [7, 11) is 0. The summed E-state index contributed by atoms with van der Waals surface area (Å²) in [5.74, 6) is 1.48. The van der Waals surface area contributed by atoms with Gasteiger partial charge in [-0.05, 0) is 32.6 Å². The van der Waals surface area contributed by atoms with Crippen molar-refractivity contribution in [3.05, 3.63) is 0 Å². The molecule has 0 radical (unpaired) electrons. The molecule has 3 aliphatic rings. The SMILES string of the molecule is CCNC(=NCC(=O)N1CCCC1)NCCN1CCN(C(=O)C2CCCC2)CC1.I. The van der Waals surface area contributed by atoms with Crippen molar-refractivity contribution in [3.63, 3.8) is 0 Å². The number of rotatable bonds is 7. The van der Waals surface area contributed by atoms with Crippen LogP contribution < -0.4 is 10.6 Å². The first kappa shape index (κ1) is 25.2. The third kappa shape index (κ3) is 7.55. The van der Waals surface area contributed by atoms with E-state index in [1.807, 2.05) is 11.8 Å². The second-order valence-corrected chi connectivity index (χ2v) is 8.36. The zero-order valence-electron chi connectivity index (χ0n) is 18.4. The normalized spacial score (nSPS) is 20.9. The number of nitrogens with zero attached hydrogens (tertiary/aromatic N) is 4. The van der Waals surface area contributed by atoms with Crippen molar-refractivity contribution >= 4 is 41.8 Å². The molecule has 2 heterocycles. The van der Waals surface area contributed by atoms with Crippen molar-refractivity contribution in [2.45, 2.75) is 45.4 Å². The molecule has 1 saturated carbocycles. The number of hydrogen-bond donors (Lipinski definition) is 2. The molecule has 0 spiro atoms. The fraction of sp³-hybridized carbons (Fsp3) is 0.857. The second-order valence-electron chi connectivity index (χ2n) is 8.36. The molecule has 0 aromatic carbocycles. The Morgan fingerprint density at radius 2 is 1.57 bits per heavy atom. The molecule has 8 nitrogen and oxygen atoms in total. The van der Waals surface area contributed by atoms with Gasteiger partial charge in [0, 0.05) is 64.8 Å². The van der Waals surface area contributed by atoms with Crippen LogP contribution in [0.4, 0.5) is 0 Å². The lowest BCUT2D eigenvalue weighted by Gasteiger charge is -2.36. The molecule has 3 rings (SSSR count). The van der Waals surface area contributed by atoms with Gasteiger partial charge >= 0.3 is 0 Å². The van der Waals surface area contributed by atoms with Crippen molar-refractivity contribution < 1.29 is 9.59 Å². The van der Waals surface area contributed by atoms with Gasteiger partial charge in [0.2, 0.25) is 11.8 Å². The van der Waals surface area contributed by atoms with E-state index in [2.05, 4.69) is 25.4 Å². The molecule has 0 unspecified atom stereocenters. The van der Waals surface area contributed by atoms with Crippen LogP contribution in [0.2, 0.25) is 0 Å². The predicted octanol–water partition coefficient (Wildman–Crippen LogP) is 1.12. The molecular weight excluding hydrogens is 495 g/mol. The highest BCUT2D eigenvalue weighted by Gasteiger charge is 2.29. The Morgan fingerprint density at radius 3 is 2.20 bits per heavy atom. The summed E-state index contributed by atoms with van der Waals surface area (Å²) < 4.78 is 0. The van der Waals surface area contributed by atoms with E-state index in [0.29, 0.717) is 11.9 Å². The van der Waals surface area contributed by atoms with Crippen LogP contribution in [0, 0.1) is 5.92 Å². The van der Waals surface area contributed by atoms with E-state index in [0.717, 1.165) is 84.6 Å². The molecule has 0 aromatic heterocycles. The van der Waals surface area contributed by atoms with Crippen molar-refractivity contribution in [1.29, 1.82) is 0 Å². The molecule has 2 aliphatic heterocycles. The maximum Gasteiger partial charge on any atom is 0.244 e.